The van der Waals surface area contributed by atoms with Crippen LogP contribution in [-0.4, -0.2) is 29.3 Å². The van der Waals surface area contributed by atoms with E-state index in [2.05, 4.69) is 5.32 Å². The van der Waals surface area contributed by atoms with Crippen LogP contribution in [0.5, 0.6) is 0 Å². The number of anilines is 1. The molecule has 114 valence electrons. The number of hydrogen-bond donors (Lipinski definition) is 1. The summed E-state index contributed by atoms with van der Waals surface area (Å²) in [7, 11) is 0. The third-order valence-corrected chi connectivity index (χ3v) is 4.24. The summed E-state index contributed by atoms with van der Waals surface area (Å²) >= 11 is 6.07. The molecule has 0 aromatic heterocycles. The highest BCUT2D eigenvalue weighted by Crippen LogP contribution is 2.23. The lowest BCUT2D eigenvalue weighted by atomic mass is 9.98. The third-order valence-electron chi connectivity index (χ3n) is 3.83. The van der Waals surface area contributed by atoms with Crippen LogP contribution in [-0.2, 0) is 4.79 Å². The van der Waals surface area contributed by atoms with E-state index >= 15 is 0 Å². The lowest BCUT2D eigenvalue weighted by molar-refractivity contribution is -0.118. The standard InChI is InChI=1S/C16H21ClN2O2/c1-11-6-7-13(10-15(11)17)18-16(21)19-8-4-3-5-14(19)9-12(2)20/h6-7,10,14H,3-5,8-9H2,1-2H3,(H,18,21). The molecular formula is C16H21ClN2O2. The molecule has 0 spiro atoms. The van der Waals surface area contributed by atoms with Crippen LogP contribution >= 0.6 is 11.6 Å². The number of amides is 2. The normalized spacial score (nSPS) is 18.4. The number of hydrogen-bond acceptors (Lipinski definition) is 2. The Morgan fingerprint density at radius 3 is 2.81 bits per heavy atom. The van der Waals surface area contributed by atoms with Crippen molar-refractivity contribution in [3.63, 3.8) is 0 Å². The number of Topliss-reactive ketones (excluding diaryl/α,β-unsaturated/α-hetero) is 1. The van der Waals surface area contributed by atoms with Crippen molar-refractivity contribution in [2.45, 2.75) is 45.6 Å². The zero-order valence-electron chi connectivity index (χ0n) is 12.5. The highest BCUT2D eigenvalue weighted by atomic mass is 35.5. The Bertz CT molecular complexity index is 545. The van der Waals surface area contributed by atoms with Crippen molar-refractivity contribution < 1.29 is 9.59 Å². The van der Waals surface area contributed by atoms with E-state index in [1.807, 2.05) is 19.1 Å². The maximum absolute atomic E-state index is 12.4. The zero-order valence-corrected chi connectivity index (χ0v) is 13.2. The van der Waals surface area contributed by atoms with Crippen molar-refractivity contribution in [3.05, 3.63) is 28.8 Å². The smallest absolute Gasteiger partial charge is 0.321 e. The number of carbonyl (C=O) groups excluding carboxylic acids is 2. The SMILES string of the molecule is CC(=O)CC1CCCCN1C(=O)Nc1ccc(C)c(Cl)c1. The lowest BCUT2D eigenvalue weighted by Crippen LogP contribution is -2.46. The molecule has 2 amide bonds. The van der Waals surface area contributed by atoms with Gasteiger partial charge in [0.05, 0.1) is 0 Å². The number of ketones is 1. The zero-order chi connectivity index (χ0) is 15.4. The summed E-state index contributed by atoms with van der Waals surface area (Å²) in [6.45, 7) is 4.19. The molecule has 1 N–H and O–H groups in total. The molecule has 21 heavy (non-hydrogen) atoms. The molecule has 5 heteroatoms. The van der Waals surface area contributed by atoms with E-state index in [0.717, 1.165) is 24.8 Å². The van der Waals surface area contributed by atoms with E-state index in [1.54, 1.807) is 17.9 Å². The van der Waals surface area contributed by atoms with Gasteiger partial charge in [0, 0.05) is 29.7 Å². The number of benzene rings is 1. The first-order valence-corrected chi connectivity index (χ1v) is 7.68. The molecule has 1 fully saturated rings. The fourth-order valence-corrected chi connectivity index (χ4v) is 2.86. The van der Waals surface area contributed by atoms with Gasteiger partial charge < -0.3 is 10.2 Å². The first-order chi connectivity index (χ1) is 9.97. The van der Waals surface area contributed by atoms with Gasteiger partial charge in [0.1, 0.15) is 5.78 Å². The number of halogens is 1. The van der Waals surface area contributed by atoms with Gasteiger partial charge in [0.15, 0.2) is 0 Å². The van der Waals surface area contributed by atoms with Crippen LogP contribution in [0.25, 0.3) is 0 Å². The summed E-state index contributed by atoms with van der Waals surface area (Å²) in [5, 5.41) is 3.51. The number of carbonyl (C=O) groups is 2. The lowest BCUT2D eigenvalue weighted by Gasteiger charge is -2.35. The molecule has 1 aliphatic heterocycles. The second kappa shape index (κ2) is 6.94. The van der Waals surface area contributed by atoms with Crippen molar-refractivity contribution in [3.8, 4) is 0 Å². The van der Waals surface area contributed by atoms with Crippen molar-refractivity contribution in [2.75, 3.05) is 11.9 Å². The average Bonchev–Trinajstić information content (AvgIpc) is 2.43. The molecule has 0 bridgehead atoms. The Morgan fingerprint density at radius 2 is 2.14 bits per heavy atom. The van der Waals surface area contributed by atoms with E-state index in [4.69, 9.17) is 11.6 Å². The number of nitrogens with one attached hydrogen (secondary N) is 1. The maximum Gasteiger partial charge on any atom is 0.322 e. The van der Waals surface area contributed by atoms with Crippen LogP contribution in [0.2, 0.25) is 5.02 Å². The van der Waals surface area contributed by atoms with Crippen LogP contribution in [0.4, 0.5) is 10.5 Å². The summed E-state index contributed by atoms with van der Waals surface area (Å²) in [4.78, 5) is 25.5. The molecule has 1 unspecified atom stereocenters. The molecule has 0 aliphatic carbocycles. The van der Waals surface area contributed by atoms with Crippen LogP contribution in [0.15, 0.2) is 18.2 Å². The van der Waals surface area contributed by atoms with Gasteiger partial charge in [0.25, 0.3) is 0 Å². The fraction of sp³-hybridized carbons (Fsp3) is 0.500. The van der Waals surface area contributed by atoms with E-state index in [1.165, 1.54) is 0 Å². The molecule has 1 aromatic rings. The summed E-state index contributed by atoms with van der Waals surface area (Å²) in [5.41, 5.74) is 1.66. The second-order valence-electron chi connectivity index (χ2n) is 5.64. The third kappa shape index (κ3) is 4.21. The predicted molar refractivity (Wildman–Crippen MR) is 84.9 cm³/mol. The number of aryl methyl sites for hydroxylation is 1. The Morgan fingerprint density at radius 1 is 1.38 bits per heavy atom. The largest absolute Gasteiger partial charge is 0.322 e. The minimum Gasteiger partial charge on any atom is -0.321 e. The van der Waals surface area contributed by atoms with Gasteiger partial charge in [-0.1, -0.05) is 17.7 Å². The minimum absolute atomic E-state index is 0.0113. The monoisotopic (exact) mass is 308 g/mol. The molecule has 1 aromatic carbocycles. The molecule has 1 heterocycles. The highest BCUT2D eigenvalue weighted by molar-refractivity contribution is 6.31. The second-order valence-corrected chi connectivity index (χ2v) is 6.05. The van der Waals surface area contributed by atoms with Gasteiger partial charge in [-0.05, 0) is 50.8 Å². The maximum atomic E-state index is 12.4. The van der Waals surface area contributed by atoms with Gasteiger partial charge in [-0.25, -0.2) is 4.79 Å². The number of likely N-dealkylation sites (tertiary alicyclic amines) is 1. The summed E-state index contributed by atoms with van der Waals surface area (Å²) in [6.07, 6.45) is 3.37. The van der Waals surface area contributed by atoms with Crippen molar-refractivity contribution in [1.29, 1.82) is 0 Å². The van der Waals surface area contributed by atoms with Crippen molar-refractivity contribution in [2.24, 2.45) is 0 Å². The Labute approximate surface area is 130 Å². The van der Waals surface area contributed by atoms with Crippen LogP contribution < -0.4 is 5.32 Å². The number of rotatable bonds is 3. The quantitative estimate of drug-likeness (QED) is 0.917. The predicted octanol–water partition coefficient (Wildman–Crippen LogP) is 4.01. The van der Waals surface area contributed by atoms with Crippen LogP contribution in [0.3, 0.4) is 0 Å². The molecule has 2 rings (SSSR count). The first-order valence-electron chi connectivity index (χ1n) is 7.30. The van der Waals surface area contributed by atoms with Crippen molar-refractivity contribution >= 4 is 29.1 Å². The molecular weight excluding hydrogens is 288 g/mol. The van der Waals surface area contributed by atoms with E-state index in [-0.39, 0.29) is 17.9 Å². The van der Waals surface area contributed by atoms with Gasteiger partial charge >= 0.3 is 6.03 Å². The Hall–Kier alpha value is -1.55. The van der Waals surface area contributed by atoms with E-state index in [0.29, 0.717) is 23.7 Å². The topological polar surface area (TPSA) is 49.4 Å². The first kappa shape index (κ1) is 15.8. The fourth-order valence-electron chi connectivity index (χ4n) is 2.68. The molecule has 1 saturated heterocycles. The van der Waals surface area contributed by atoms with Gasteiger partial charge in [0.2, 0.25) is 0 Å². The molecule has 1 atom stereocenters. The van der Waals surface area contributed by atoms with Crippen molar-refractivity contribution in [1.82, 2.24) is 4.90 Å². The van der Waals surface area contributed by atoms with E-state index in [9.17, 15) is 9.59 Å². The molecule has 0 radical (unpaired) electrons. The van der Waals surface area contributed by atoms with E-state index < -0.39 is 0 Å². The number of piperidine rings is 1. The molecule has 0 saturated carbocycles. The Kier molecular flexibility index (Phi) is 5.23. The summed E-state index contributed by atoms with van der Waals surface area (Å²) in [5.74, 6) is 0.123. The molecule has 4 nitrogen and oxygen atoms in total. The number of urea groups is 1. The number of nitrogens with zero attached hydrogens (tertiary/aromatic N) is 1. The van der Waals surface area contributed by atoms with Gasteiger partial charge in [-0.2, -0.15) is 0 Å². The summed E-state index contributed by atoms with van der Waals surface area (Å²) in [6, 6.07) is 5.32. The minimum atomic E-state index is -0.152. The highest BCUT2D eigenvalue weighted by Gasteiger charge is 2.27. The van der Waals surface area contributed by atoms with Gasteiger partial charge in [-0.15, -0.1) is 0 Å². The van der Waals surface area contributed by atoms with Crippen LogP contribution in [0.1, 0.15) is 38.2 Å². The van der Waals surface area contributed by atoms with Crippen LogP contribution in [0, 0.1) is 6.92 Å². The van der Waals surface area contributed by atoms with Gasteiger partial charge in [-0.3, -0.25) is 4.79 Å². The Balaban J connectivity index is 2.06. The average molecular weight is 309 g/mol. The summed E-state index contributed by atoms with van der Waals surface area (Å²) < 4.78 is 0. The molecule has 1 aliphatic rings.